The molecule has 1 heterocycles. The van der Waals surface area contributed by atoms with Crippen molar-refractivity contribution in [3.63, 3.8) is 0 Å². The molecule has 2 N–H and O–H groups in total. The fourth-order valence-corrected chi connectivity index (χ4v) is 3.38. The van der Waals surface area contributed by atoms with Crippen molar-refractivity contribution in [2.45, 2.75) is 32.4 Å². The van der Waals surface area contributed by atoms with Gasteiger partial charge in [-0.25, -0.2) is 9.18 Å². The van der Waals surface area contributed by atoms with Gasteiger partial charge in [-0.15, -0.1) is 0 Å². The number of halogens is 1. The lowest BCUT2D eigenvalue weighted by Gasteiger charge is -2.35. The number of piperidine rings is 1. The van der Waals surface area contributed by atoms with Crippen LogP contribution in [0, 0.1) is 12.7 Å². The number of urea groups is 1. The Morgan fingerprint density at radius 3 is 2.96 bits per heavy atom. The third-order valence-corrected chi connectivity index (χ3v) is 4.79. The van der Waals surface area contributed by atoms with Gasteiger partial charge in [-0.05, 0) is 55.2 Å². The number of rotatable bonds is 5. The second-order valence-corrected chi connectivity index (χ2v) is 6.92. The molecule has 3 rings (SSSR count). The van der Waals surface area contributed by atoms with Crippen molar-refractivity contribution in [1.82, 2.24) is 10.6 Å². The third kappa shape index (κ3) is 5.12. The highest BCUT2D eigenvalue weighted by atomic mass is 19.1. The molecular formula is C21H26FN3O2. The maximum atomic E-state index is 14.2. The molecule has 0 radical (unpaired) electrons. The number of ether oxygens (including phenoxy) is 1. The first-order chi connectivity index (χ1) is 13.0. The lowest BCUT2D eigenvalue weighted by molar-refractivity contribution is 0.234. The Labute approximate surface area is 159 Å². The van der Waals surface area contributed by atoms with Gasteiger partial charge in [0.1, 0.15) is 11.6 Å². The van der Waals surface area contributed by atoms with E-state index in [4.69, 9.17) is 4.74 Å². The summed E-state index contributed by atoms with van der Waals surface area (Å²) in [5.74, 6) is 0.543. The monoisotopic (exact) mass is 371 g/mol. The Bertz CT molecular complexity index is 797. The molecule has 0 saturated carbocycles. The summed E-state index contributed by atoms with van der Waals surface area (Å²) in [4.78, 5) is 14.3. The number of anilines is 1. The summed E-state index contributed by atoms with van der Waals surface area (Å²) in [7, 11) is 1.62. The molecule has 2 amide bonds. The minimum atomic E-state index is -0.219. The topological polar surface area (TPSA) is 53.6 Å². The van der Waals surface area contributed by atoms with E-state index < -0.39 is 0 Å². The van der Waals surface area contributed by atoms with Crippen molar-refractivity contribution < 1.29 is 13.9 Å². The quantitative estimate of drug-likeness (QED) is 0.844. The van der Waals surface area contributed by atoms with Crippen LogP contribution in [0.3, 0.4) is 0 Å². The van der Waals surface area contributed by atoms with Gasteiger partial charge in [0.05, 0.1) is 12.8 Å². The van der Waals surface area contributed by atoms with Crippen molar-refractivity contribution in [1.29, 1.82) is 0 Å². The summed E-state index contributed by atoms with van der Waals surface area (Å²) < 4.78 is 19.4. The summed E-state index contributed by atoms with van der Waals surface area (Å²) in [6, 6.07) is 12.5. The molecule has 1 atom stereocenters. The van der Waals surface area contributed by atoms with Crippen LogP contribution >= 0.6 is 0 Å². The van der Waals surface area contributed by atoms with Gasteiger partial charge in [-0.3, -0.25) is 0 Å². The van der Waals surface area contributed by atoms with Crippen LogP contribution in [0.2, 0.25) is 0 Å². The number of nitrogens with zero attached hydrogens (tertiary/aromatic N) is 1. The minimum Gasteiger partial charge on any atom is -0.497 e. The predicted molar refractivity (Wildman–Crippen MR) is 105 cm³/mol. The lowest BCUT2D eigenvalue weighted by Crippen LogP contribution is -2.50. The molecule has 1 fully saturated rings. The van der Waals surface area contributed by atoms with E-state index in [0.29, 0.717) is 18.8 Å². The second-order valence-electron chi connectivity index (χ2n) is 6.92. The maximum absolute atomic E-state index is 14.2. The molecule has 0 spiro atoms. The highest BCUT2D eigenvalue weighted by molar-refractivity contribution is 5.74. The summed E-state index contributed by atoms with van der Waals surface area (Å²) >= 11 is 0. The number of carbonyl (C=O) groups is 1. The summed E-state index contributed by atoms with van der Waals surface area (Å²) in [6.45, 7) is 3.78. The minimum absolute atomic E-state index is 0.0102. The standard InChI is InChI=1S/C21H26FN3O2/c1-15-8-9-19(22)20(11-15)25-10-4-6-17(14-25)24-21(26)23-13-16-5-3-7-18(12-16)27-2/h3,5,7-9,11-12,17H,4,6,10,13-14H2,1-2H3,(H2,23,24,26). The Morgan fingerprint density at radius 2 is 2.15 bits per heavy atom. The Morgan fingerprint density at radius 1 is 1.30 bits per heavy atom. The Balaban J connectivity index is 1.54. The van der Waals surface area contributed by atoms with E-state index in [1.807, 2.05) is 42.2 Å². The first-order valence-corrected chi connectivity index (χ1v) is 9.23. The van der Waals surface area contributed by atoms with Crippen molar-refractivity contribution in [3.05, 3.63) is 59.4 Å². The number of aryl methyl sites for hydroxylation is 1. The average Bonchev–Trinajstić information content (AvgIpc) is 2.68. The van der Waals surface area contributed by atoms with Crippen LogP contribution in [-0.4, -0.2) is 32.3 Å². The fraction of sp³-hybridized carbons (Fsp3) is 0.381. The molecule has 6 heteroatoms. The average molecular weight is 371 g/mol. The van der Waals surface area contributed by atoms with Crippen LogP contribution in [0.5, 0.6) is 5.75 Å². The fourth-order valence-electron chi connectivity index (χ4n) is 3.38. The molecule has 144 valence electrons. The first kappa shape index (κ1) is 19.0. The van der Waals surface area contributed by atoms with Crippen LogP contribution in [0.15, 0.2) is 42.5 Å². The van der Waals surface area contributed by atoms with E-state index in [1.165, 1.54) is 6.07 Å². The zero-order valence-electron chi connectivity index (χ0n) is 15.8. The number of hydrogen-bond donors (Lipinski definition) is 2. The Hall–Kier alpha value is -2.76. The van der Waals surface area contributed by atoms with Crippen LogP contribution < -0.4 is 20.3 Å². The number of amides is 2. The summed E-state index contributed by atoms with van der Waals surface area (Å²) in [5, 5.41) is 5.88. The van der Waals surface area contributed by atoms with E-state index in [2.05, 4.69) is 10.6 Å². The van der Waals surface area contributed by atoms with Gasteiger partial charge >= 0.3 is 6.03 Å². The second kappa shape index (κ2) is 8.75. The molecule has 27 heavy (non-hydrogen) atoms. The van der Waals surface area contributed by atoms with Crippen molar-refractivity contribution in [3.8, 4) is 5.75 Å². The smallest absolute Gasteiger partial charge is 0.315 e. The van der Waals surface area contributed by atoms with E-state index >= 15 is 0 Å². The van der Waals surface area contributed by atoms with Gasteiger partial charge in [0.15, 0.2) is 0 Å². The molecular weight excluding hydrogens is 345 g/mol. The molecule has 2 aromatic rings. The molecule has 1 aliphatic rings. The van der Waals surface area contributed by atoms with Gasteiger partial charge in [0.2, 0.25) is 0 Å². The Kier molecular flexibility index (Phi) is 6.16. The molecule has 5 nitrogen and oxygen atoms in total. The van der Waals surface area contributed by atoms with Crippen LogP contribution in [0.25, 0.3) is 0 Å². The number of benzene rings is 2. The van der Waals surface area contributed by atoms with Gasteiger partial charge in [0.25, 0.3) is 0 Å². The highest BCUT2D eigenvalue weighted by Gasteiger charge is 2.23. The van der Waals surface area contributed by atoms with Crippen LogP contribution in [-0.2, 0) is 6.54 Å². The van der Waals surface area contributed by atoms with E-state index in [9.17, 15) is 9.18 Å². The van der Waals surface area contributed by atoms with E-state index in [1.54, 1.807) is 13.2 Å². The number of methoxy groups -OCH3 is 1. The third-order valence-electron chi connectivity index (χ3n) is 4.79. The van der Waals surface area contributed by atoms with Gasteiger partial charge in [0, 0.05) is 25.7 Å². The zero-order valence-corrected chi connectivity index (χ0v) is 15.8. The largest absolute Gasteiger partial charge is 0.497 e. The van der Waals surface area contributed by atoms with Crippen molar-refractivity contribution in [2.75, 3.05) is 25.1 Å². The van der Waals surface area contributed by atoms with Gasteiger partial charge in [-0.2, -0.15) is 0 Å². The number of nitrogens with one attached hydrogen (secondary N) is 2. The molecule has 0 bridgehead atoms. The lowest BCUT2D eigenvalue weighted by atomic mass is 10.0. The SMILES string of the molecule is COc1cccc(CNC(=O)NC2CCCN(c3cc(C)ccc3F)C2)c1. The zero-order chi connectivity index (χ0) is 19.2. The van der Waals surface area contributed by atoms with E-state index in [-0.39, 0.29) is 17.9 Å². The molecule has 1 aliphatic heterocycles. The van der Waals surface area contributed by atoms with E-state index in [0.717, 1.165) is 36.3 Å². The number of hydrogen-bond acceptors (Lipinski definition) is 3. The van der Waals surface area contributed by atoms with Crippen molar-refractivity contribution in [2.24, 2.45) is 0 Å². The van der Waals surface area contributed by atoms with Crippen molar-refractivity contribution >= 4 is 11.7 Å². The first-order valence-electron chi connectivity index (χ1n) is 9.23. The van der Waals surface area contributed by atoms with Gasteiger partial charge < -0.3 is 20.3 Å². The highest BCUT2D eigenvalue weighted by Crippen LogP contribution is 2.24. The normalized spacial score (nSPS) is 16.7. The molecule has 0 aromatic heterocycles. The van der Waals surface area contributed by atoms with Crippen LogP contribution in [0.4, 0.5) is 14.9 Å². The molecule has 1 saturated heterocycles. The maximum Gasteiger partial charge on any atom is 0.315 e. The summed E-state index contributed by atoms with van der Waals surface area (Å²) in [6.07, 6.45) is 1.80. The molecule has 1 unspecified atom stereocenters. The van der Waals surface area contributed by atoms with Gasteiger partial charge in [-0.1, -0.05) is 18.2 Å². The molecule has 2 aromatic carbocycles. The molecule has 0 aliphatic carbocycles. The number of carbonyl (C=O) groups excluding carboxylic acids is 1. The predicted octanol–water partition coefficient (Wildman–Crippen LogP) is 3.61. The summed E-state index contributed by atoms with van der Waals surface area (Å²) in [5.41, 5.74) is 2.60. The van der Waals surface area contributed by atoms with Crippen LogP contribution in [0.1, 0.15) is 24.0 Å².